The number of pyridine rings is 1. The Morgan fingerprint density at radius 2 is 1.89 bits per heavy atom. The van der Waals surface area contributed by atoms with Gasteiger partial charge in [-0.3, -0.25) is 9.59 Å². The molecule has 0 N–H and O–H groups in total. The number of amides is 2. The van der Waals surface area contributed by atoms with Gasteiger partial charge in [0.2, 0.25) is 11.8 Å². The first-order chi connectivity index (χ1) is 17.0. The predicted molar refractivity (Wildman–Crippen MR) is 134 cm³/mol. The summed E-state index contributed by atoms with van der Waals surface area (Å²) in [6, 6.07) is 14.9. The van der Waals surface area contributed by atoms with Gasteiger partial charge in [-0.2, -0.15) is 0 Å². The summed E-state index contributed by atoms with van der Waals surface area (Å²) in [6.07, 6.45) is 1.76. The van der Waals surface area contributed by atoms with Crippen molar-refractivity contribution in [3.63, 3.8) is 0 Å². The maximum atomic E-state index is 13.0. The molecule has 4 rings (SSSR count). The molecule has 1 fully saturated rings. The van der Waals surface area contributed by atoms with Gasteiger partial charge in [-0.15, -0.1) is 0 Å². The number of aromatic nitrogens is 1. The van der Waals surface area contributed by atoms with Crippen LogP contribution < -0.4 is 9.47 Å². The van der Waals surface area contributed by atoms with Crippen LogP contribution in [0.2, 0.25) is 4.34 Å². The maximum Gasteiger partial charge on any atom is 0.261 e. The summed E-state index contributed by atoms with van der Waals surface area (Å²) in [4.78, 5) is 33.3. The fraction of sp³-hybridized carbons (Fsp3) is 0.320. The molecule has 8 nitrogen and oxygen atoms in total. The Labute approximate surface area is 213 Å². The number of nitrogens with zero attached hydrogens (tertiary/aromatic N) is 3. The lowest BCUT2D eigenvalue weighted by molar-refractivity contribution is -0.151. The molecule has 184 valence electrons. The van der Waals surface area contributed by atoms with E-state index < -0.39 is 0 Å². The number of hydrogen-bond donors (Lipinski definition) is 0. The molecule has 1 aliphatic rings. The lowest BCUT2D eigenvalue weighted by atomic mass is 10.0. The van der Waals surface area contributed by atoms with E-state index in [0.717, 1.165) is 16.7 Å². The molecule has 1 atom stereocenters. The molecule has 0 aliphatic carbocycles. The lowest BCUT2D eigenvalue weighted by Gasteiger charge is -2.40. The topological polar surface area (TPSA) is 81.2 Å². The molecule has 3 aromatic rings. The number of benzene rings is 1. The molecule has 1 saturated heterocycles. The van der Waals surface area contributed by atoms with E-state index in [0.29, 0.717) is 35.0 Å². The second-order valence-electron chi connectivity index (χ2n) is 8.04. The van der Waals surface area contributed by atoms with Gasteiger partial charge in [-0.05, 0) is 29.3 Å². The molecule has 3 heterocycles. The van der Waals surface area contributed by atoms with E-state index in [1.165, 1.54) is 16.2 Å². The van der Waals surface area contributed by atoms with E-state index in [1.807, 2.05) is 36.4 Å². The van der Waals surface area contributed by atoms with E-state index in [2.05, 4.69) is 4.98 Å². The zero-order chi connectivity index (χ0) is 24.8. The fourth-order valence-corrected chi connectivity index (χ4v) is 4.76. The van der Waals surface area contributed by atoms with Gasteiger partial charge in [-0.1, -0.05) is 47.2 Å². The molecule has 1 unspecified atom stereocenters. The number of carbonyl (C=O) groups is 2. The van der Waals surface area contributed by atoms with Crippen molar-refractivity contribution in [1.82, 2.24) is 14.8 Å². The number of hydrogen-bond acceptors (Lipinski definition) is 7. The molecule has 35 heavy (non-hydrogen) atoms. The summed E-state index contributed by atoms with van der Waals surface area (Å²) in [5.74, 6) is 0.184. The van der Waals surface area contributed by atoms with Crippen LogP contribution in [0.3, 0.4) is 0 Å². The molecule has 2 amide bonds. The highest BCUT2D eigenvalue weighted by Crippen LogP contribution is 2.28. The third kappa shape index (κ3) is 6.30. The van der Waals surface area contributed by atoms with Gasteiger partial charge in [0.25, 0.3) is 5.91 Å². The molecule has 1 aromatic carbocycles. The van der Waals surface area contributed by atoms with Crippen LogP contribution in [0.4, 0.5) is 0 Å². The average Bonchev–Trinajstić information content (AvgIpc) is 3.30. The molecule has 1 aliphatic heterocycles. The molecular formula is C25H26ClN3O5S. The fourth-order valence-electron chi connectivity index (χ4n) is 3.89. The van der Waals surface area contributed by atoms with Gasteiger partial charge in [-0.25, -0.2) is 4.98 Å². The van der Waals surface area contributed by atoms with Gasteiger partial charge in [0.1, 0.15) is 0 Å². The van der Waals surface area contributed by atoms with Crippen molar-refractivity contribution < 1.29 is 23.8 Å². The van der Waals surface area contributed by atoms with Crippen molar-refractivity contribution in [2.45, 2.75) is 12.6 Å². The largest absolute Gasteiger partial charge is 0.481 e. The molecule has 0 bridgehead atoms. The van der Waals surface area contributed by atoms with Crippen molar-refractivity contribution in [1.29, 1.82) is 0 Å². The zero-order valence-electron chi connectivity index (χ0n) is 19.5. The van der Waals surface area contributed by atoms with E-state index in [4.69, 9.17) is 25.8 Å². The SMILES string of the molecule is COCC1CN(C(=O)COc2ccc(Cl)s2)CC(=O)N1Cc1ccc(-c2ccc(OC)nc2)cc1. The van der Waals surface area contributed by atoms with Gasteiger partial charge in [0.05, 0.1) is 30.6 Å². The summed E-state index contributed by atoms with van der Waals surface area (Å²) in [5, 5.41) is 0.565. The number of halogens is 1. The highest BCUT2D eigenvalue weighted by Gasteiger charge is 2.34. The van der Waals surface area contributed by atoms with Crippen LogP contribution in [0.1, 0.15) is 5.56 Å². The van der Waals surface area contributed by atoms with Crippen molar-refractivity contribution >= 4 is 34.8 Å². The van der Waals surface area contributed by atoms with E-state index >= 15 is 0 Å². The number of ether oxygens (including phenoxy) is 3. The lowest BCUT2D eigenvalue weighted by Crippen LogP contribution is -2.59. The Bertz CT molecular complexity index is 1150. The number of methoxy groups -OCH3 is 2. The summed E-state index contributed by atoms with van der Waals surface area (Å²) >= 11 is 7.16. The number of carbonyl (C=O) groups excluding carboxylic acids is 2. The van der Waals surface area contributed by atoms with Crippen LogP contribution in [-0.2, 0) is 20.9 Å². The standard InChI is InChI=1S/C25H26ClN3O5S/c1-32-15-20-13-28(24(31)16-34-25-10-8-21(26)35-25)14-23(30)29(20)12-17-3-5-18(6-4-17)19-7-9-22(33-2)27-11-19/h3-11,20H,12-16H2,1-2H3. The Balaban J connectivity index is 1.39. The Kier molecular flexibility index (Phi) is 8.22. The Morgan fingerprint density at radius 3 is 2.51 bits per heavy atom. The van der Waals surface area contributed by atoms with Crippen molar-refractivity contribution in [3.8, 4) is 22.1 Å². The summed E-state index contributed by atoms with van der Waals surface area (Å²) < 4.78 is 16.6. The normalized spacial score (nSPS) is 15.9. The van der Waals surface area contributed by atoms with E-state index in [1.54, 1.807) is 37.4 Å². The van der Waals surface area contributed by atoms with Crippen LogP contribution >= 0.6 is 22.9 Å². The molecule has 10 heteroatoms. The number of rotatable bonds is 9. The quantitative estimate of drug-likeness (QED) is 0.432. The smallest absolute Gasteiger partial charge is 0.261 e. The van der Waals surface area contributed by atoms with Crippen LogP contribution in [-0.4, -0.2) is 73.2 Å². The third-order valence-electron chi connectivity index (χ3n) is 5.70. The van der Waals surface area contributed by atoms with Gasteiger partial charge < -0.3 is 24.0 Å². The molecule has 0 saturated carbocycles. The summed E-state index contributed by atoms with van der Waals surface area (Å²) in [7, 11) is 3.17. The van der Waals surface area contributed by atoms with Crippen molar-refractivity contribution in [2.24, 2.45) is 0 Å². The van der Waals surface area contributed by atoms with E-state index in [-0.39, 0.29) is 31.0 Å². The van der Waals surface area contributed by atoms with Crippen molar-refractivity contribution in [2.75, 3.05) is 40.5 Å². The van der Waals surface area contributed by atoms with Crippen LogP contribution in [0, 0.1) is 0 Å². The monoisotopic (exact) mass is 515 g/mol. The Hall–Kier alpha value is -3.14. The van der Waals surface area contributed by atoms with Crippen molar-refractivity contribution in [3.05, 3.63) is 64.6 Å². The first kappa shape index (κ1) is 25.0. The maximum absolute atomic E-state index is 13.0. The minimum absolute atomic E-state index is 0.00318. The first-order valence-corrected chi connectivity index (χ1v) is 12.2. The van der Waals surface area contributed by atoms with Crippen LogP contribution in [0.15, 0.2) is 54.7 Å². The minimum atomic E-state index is -0.258. The van der Waals surface area contributed by atoms with Crippen LogP contribution in [0.25, 0.3) is 11.1 Å². The third-order valence-corrected chi connectivity index (χ3v) is 6.85. The first-order valence-electron chi connectivity index (χ1n) is 11.0. The van der Waals surface area contributed by atoms with E-state index in [9.17, 15) is 9.59 Å². The second kappa shape index (κ2) is 11.5. The molecular weight excluding hydrogens is 490 g/mol. The predicted octanol–water partition coefficient (Wildman–Crippen LogP) is 3.74. The van der Waals surface area contributed by atoms with Gasteiger partial charge in [0.15, 0.2) is 11.7 Å². The van der Waals surface area contributed by atoms with Gasteiger partial charge >= 0.3 is 0 Å². The number of piperazine rings is 1. The molecule has 0 spiro atoms. The average molecular weight is 516 g/mol. The highest BCUT2D eigenvalue weighted by atomic mass is 35.5. The summed E-state index contributed by atoms with van der Waals surface area (Å²) in [5.41, 5.74) is 2.98. The van der Waals surface area contributed by atoms with Crippen LogP contribution in [0.5, 0.6) is 10.9 Å². The highest BCUT2D eigenvalue weighted by molar-refractivity contribution is 7.17. The number of thiophene rings is 1. The minimum Gasteiger partial charge on any atom is -0.481 e. The Morgan fingerprint density at radius 1 is 1.11 bits per heavy atom. The molecule has 0 radical (unpaired) electrons. The zero-order valence-corrected chi connectivity index (χ0v) is 21.1. The summed E-state index contributed by atoms with van der Waals surface area (Å²) in [6.45, 7) is 0.990. The molecule has 2 aromatic heterocycles. The second-order valence-corrected chi connectivity index (χ2v) is 9.72. The van der Waals surface area contributed by atoms with Gasteiger partial charge in [0, 0.05) is 38.0 Å².